The van der Waals surface area contributed by atoms with E-state index in [1.54, 1.807) is 41.3 Å². The lowest BCUT2D eigenvalue weighted by Crippen LogP contribution is -2.70. The number of nitro groups is 1. The van der Waals surface area contributed by atoms with Crippen LogP contribution in [0.1, 0.15) is 75.3 Å². The van der Waals surface area contributed by atoms with Gasteiger partial charge in [-0.1, -0.05) is 67.4 Å². The van der Waals surface area contributed by atoms with Crippen LogP contribution in [0.4, 0.5) is 21.0 Å². The van der Waals surface area contributed by atoms with Crippen molar-refractivity contribution in [3.8, 4) is 28.7 Å². The largest absolute Gasteiger partial charge is 0.497 e. The van der Waals surface area contributed by atoms with Crippen molar-refractivity contribution in [3.63, 3.8) is 0 Å². The molecule has 1 fully saturated rings. The van der Waals surface area contributed by atoms with Crippen molar-refractivity contribution in [1.82, 2.24) is 4.90 Å². The number of hydrogen-bond acceptors (Lipinski definition) is 14. The molecule has 7 rings (SSSR count). The molecular formula is C53H62N4O13. The van der Waals surface area contributed by atoms with Crippen molar-refractivity contribution < 1.29 is 58.0 Å². The van der Waals surface area contributed by atoms with E-state index in [4.69, 9.17) is 38.4 Å². The quantitative estimate of drug-likeness (QED) is 0.0274. The minimum atomic E-state index is -1.60. The molecule has 17 nitrogen and oxygen atoms in total. The maximum Gasteiger partial charge on any atom is 0.417 e. The number of ether oxygens (including phenoxy) is 6. The van der Waals surface area contributed by atoms with Gasteiger partial charge in [0.15, 0.2) is 0 Å². The molecule has 4 aromatic rings. The number of rotatable bonds is 23. The van der Waals surface area contributed by atoms with Crippen molar-refractivity contribution in [2.45, 2.75) is 82.6 Å². The second kappa shape index (κ2) is 24.1. The van der Waals surface area contributed by atoms with E-state index in [1.807, 2.05) is 43.3 Å². The Morgan fingerprint density at radius 1 is 0.929 bits per heavy atom. The summed E-state index contributed by atoms with van der Waals surface area (Å²) in [5, 5.41) is 39.1. The highest BCUT2D eigenvalue weighted by Crippen LogP contribution is 2.62. The number of anilines is 1. The maximum atomic E-state index is 14.7. The van der Waals surface area contributed by atoms with Crippen LogP contribution in [0.3, 0.4) is 0 Å². The summed E-state index contributed by atoms with van der Waals surface area (Å²) >= 11 is 0. The minimum Gasteiger partial charge on any atom is -0.497 e. The molecule has 70 heavy (non-hydrogen) atoms. The molecule has 2 amide bonds. The Balaban J connectivity index is 1.39. The fraction of sp³-hybridized carbons (Fsp3) is 0.415. The Kier molecular flexibility index (Phi) is 17.5. The highest BCUT2D eigenvalue weighted by Gasteiger charge is 2.65. The minimum absolute atomic E-state index is 0.00965. The van der Waals surface area contributed by atoms with Crippen LogP contribution < -0.4 is 29.0 Å². The molecule has 1 aliphatic heterocycles. The number of allylic oxidation sites excluding steroid dienone is 1. The number of aliphatic hydroxyl groups is 2. The third-order valence-electron chi connectivity index (χ3n) is 13.1. The summed E-state index contributed by atoms with van der Waals surface area (Å²) in [5.74, 6) is -1.15. The molecule has 0 bridgehead atoms. The van der Waals surface area contributed by atoms with Gasteiger partial charge < -0.3 is 43.5 Å². The van der Waals surface area contributed by atoms with Gasteiger partial charge in [0.05, 0.1) is 43.1 Å². The van der Waals surface area contributed by atoms with Crippen LogP contribution in [0.15, 0.2) is 120 Å². The molecule has 3 N–H and O–H groups in total. The van der Waals surface area contributed by atoms with Gasteiger partial charge in [-0.15, -0.1) is 6.58 Å². The Hall–Kier alpha value is -6.95. The van der Waals surface area contributed by atoms with E-state index < -0.39 is 40.8 Å². The predicted octanol–water partition coefficient (Wildman–Crippen LogP) is 9.97. The number of nitrogens with zero attached hydrogens (tertiary/aromatic N) is 3. The fourth-order valence-electron chi connectivity index (χ4n) is 10.0. The Bertz CT molecular complexity index is 2500. The van der Waals surface area contributed by atoms with Crippen LogP contribution in [0.25, 0.3) is 0 Å². The van der Waals surface area contributed by atoms with Crippen LogP contribution in [-0.2, 0) is 16.2 Å². The average Bonchev–Trinajstić information content (AvgIpc) is 3.37. The number of benzene rings is 4. The monoisotopic (exact) mass is 962 g/mol. The van der Waals surface area contributed by atoms with Crippen molar-refractivity contribution >= 4 is 29.3 Å². The molecule has 0 saturated heterocycles. The van der Waals surface area contributed by atoms with Gasteiger partial charge in [0.2, 0.25) is 5.79 Å². The summed E-state index contributed by atoms with van der Waals surface area (Å²) in [6, 6.07) is 24.2. The number of hydrogen-bond donors (Lipinski definition) is 3. The van der Waals surface area contributed by atoms with Crippen LogP contribution in [0.2, 0.25) is 0 Å². The Morgan fingerprint density at radius 3 is 2.34 bits per heavy atom. The van der Waals surface area contributed by atoms with Gasteiger partial charge >= 0.3 is 12.2 Å². The third kappa shape index (κ3) is 11.6. The van der Waals surface area contributed by atoms with Gasteiger partial charge in [0.25, 0.3) is 5.69 Å². The molecule has 6 atom stereocenters. The summed E-state index contributed by atoms with van der Waals surface area (Å²) in [6.07, 6.45) is 6.98. The summed E-state index contributed by atoms with van der Waals surface area (Å²) in [4.78, 5) is 47.1. The zero-order chi connectivity index (χ0) is 49.6. The SMILES string of the molecule is C=CCOC12Oc3ccc(OC(=O)Nc4ccc(OC)cc4OC)cc3C3C(CCCCO)C(CCCCO)C=C(C(=NOCc4ccccc4)CC1N(CCC)C(=O)Oc1ccc([N+](=O)[O-])cc1)C32. The Morgan fingerprint density at radius 2 is 1.66 bits per heavy atom. The molecule has 4 aromatic carbocycles. The lowest BCUT2D eigenvalue weighted by atomic mass is 9.55. The van der Waals surface area contributed by atoms with Crippen molar-refractivity contribution in [1.29, 1.82) is 0 Å². The molecule has 0 aromatic heterocycles. The van der Waals surface area contributed by atoms with E-state index in [2.05, 4.69) is 18.0 Å². The van der Waals surface area contributed by atoms with Gasteiger partial charge in [-0.05, 0) is 97.5 Å². The molecule has 1 heterocycles. The first-order chi connectivity index (χ1) is 34.1. The first-order valence-corrected chi connectivity index (χ1v) is 23.8. The maximum absolute atomic E-state index is 14.7. The zero-order valence-electron chi connectivity index (χ0n) is 39.8. The van der Waals surface area contributed by atoms with E-state index >= 15 is 0 Å². The molecule has 6 unspecified atom stereocenters. The topological polar surface area (TPSA) is 210 Å². The summed E-state index contributed by atoms with van der Waals surface area (Å²) < 4.78 is 37.2. The number of oxime groups is 1. The summed E-state index contributed by atoms with van der Waals surface area (Å²) in [5.41, 5.74) is 3.24. The molecule has 3 aliphatic rings. The van der Waals surface area contributed by atoms with E-state index in [9.17, 15) is 29.9 Å². The second-order valence-electron chi connectivity index (χ2n) is 17.4. The second-order valence-corrected chi connectivity index (χ2v) is 17.4. The number of aliphatic hydroxyl groups excluding tert-OH is 2. The number of methoxy groups -OCH3 is 2. The third-order valence-corrected chi connectivity index (χ3v) is 13.1. The van der Waals surface area contributed by atoms with Crippen molar-refractivity contribution in [2.75, 3.05) is 45.9 Å². The standard InChI is InChI=1S/C53H62N4O13/c1-5-26-56(52(61)69-38-20-18-37(19-21-38)57(62)63)48-33-45(55-67-34-35-14-8-7-9-15-35)42-30-36(16-10-12-27-58)41(17-11-13-28-59)49-43-31-40(23-25-46(43)70-53(48,50(42)49)66-29-6-2)68-51(60)54-44-24-22-39(64-3)32-47(44)65-4/h6-9,14-15,18-25,30-32,36,41,48-50,58-59H,2,5,10-13,16-17,26-29,33-34H2,1,3-4H3,(H,54,60). The van der Waals surface area contributed by atoms with Crippen LogP contribution in [0, 0.1) is 27.9 Å². The molecule has 372 valence electrons. The molecule has 2 aliphatic carbocycles. The summed E-state index contributed by atoms with van der Waals surface area (Å²) in [7, 11) is 3.02. The van der Waals surface area contributed by atoms with Crippen molar-refractivity contribution in [3.05, 3.63) is 137 Å². The lowest BCUT2D eigenvalue weighted by molar-refractivity contribution is -0.384. The smallest absolute Gasteiger partial charge is 0.417 e. The number of non-ortho nitro benzene ring substituents is 1. The lowest BCUT2D eigenvalue weighted by Gasteiger charge is -2.59. The van der Waals surface area contributed by atoms with Crippen LogP contribution >= 0.6 is 0 Å². The number of nitrogens with one attached hydrogen (secondary N) is 1. The first-order valence-electron chi connectivity index (χ1n) is 23.8. The molecular weight excluding hydrogens is 901 g/mol. The van der Waals surface area contributed by atoms with Crippen molar-refractivity contribution in [2.24, 2.45) is 22.9 Å². The highest BCUT2D eigenvalue weighted by molar-refractivity contribution is 6.03. The van der Waals surface area contributed by atoms with Gasteiger partial charge in [-0.2, -0.15) is 0 Å². The fourth-order valence-corrected chi connectivity index (χ4v) is 10.0. The number of nitro benzene ring substituents is 1. The Labute approximate surface area is 407 Å². The number of amides is 2. The van der Waals surface area contributed by atoms with E-state index in [0.717, 1.165) is 29.5 Å². The molecule has 17 heteroatoms. The molecule has 0 spiro atoms. The molecule has 1 saturated carbocycles. The van der Waals surface area contributed by atoms with Gasteiger partial charge in [-0.3, -0.25) is 20.3 Å². The van der Waals surface area contributed by atoms with Gasteiger partial charge in [0, 0.05) is 55.9 Å². The van der Waals surface area contributed by atoms with E-state index in [0.29, 0.717) is 60.8 Å². The van der Waals surface area contributed by atoms with Crippen LogP contribution in [-0.4, -0.2) is 90.3 Å². The highest BCUT2D eigenvalue weighted by atomic mass is 16.7. The van der Waals surface area contributed by atoms with E-state index in [-0.39, 0.29) is 68.4 Å². The van der Waals surface area contributed by atoms with E-state index in [1.165, 1.54) is 38.5 Å². The number of fused-ring (bicyclic) bond motifs is 2. The normalized spacial score (nSPS) is 21.5. The van der Waals surface area contributed by atoms with Gasteiger partial charge in [-0.25, -0.2) is 9.59 Å². The van der Waals surface area contributed by atoms with Crippen LogP contribution in [0.5, 0.6) is 28.7 Å². The van der Waals surface area contributed by atoms with Gasteiger partial charge in [0.1, 0.15) is 41.4 Å². The predicted molar refractivity (Wildman–Crippen MR) is 261 cm³/mol. The zero-order valence-corrected chi connectivity index (χ0v) is 39.8. The average molecular weight is 963 g/mol. The first kappa shape index (κ1) is 50.9. The number of unbranched alkanes of at least 4 members (excludes halogenated alkanes) is 2. The number of carbonyl (C=O) groups is 2. The molecule has 0 radical (unpaired) electrons. The summed E-state index contributed by atoms with van der Waals surface area (Å²) in [6.45, 7) is 6.38. The number of carbonyl (C=O) groups excluding carboxylic acids is 2.